The fraction of sp³-hybridized carbons (Fsp3) is 0.381. The summed E-state index contributed by atoms with van der Waals surface area (Å²) in [6.45, 7) is 5.56. The largest absolute Gasteiger partial charge is 0.312 e. The van der Waals surface area contributed by atoms with Gasteiger partial charge in [-0.2, -0.15) is 0 Å². The lowest BCUT2D eigenvalue weighted by atomic mass is 9.59. The first kappa shape index (κ1) is 17.1. The van der Waals surface area contributed by atoms with Crippen LogP contribution in [-0.2, 0) is 5.41 Å². The van der Waals surface area contributed by atoms with Gasteiger partial charge in [0.05, 0.1) is 11.1 Å². The van der Waals surface area contributed by atoms with Gasteiger partial charge in [-0.25, -0.2) is 0 Å². The van der Waals surface area contributed by atoms with Gasteiger partial charge in [-0.05, 0) is 54.3 Å². The molecule has 2 aromatic rings. The predicted molar refractivity (Wildman–Crippen MR) is 107 cm³/mol. The van der Waals surface area contributed by atoms with Gasteiger partial charge in [0.25, 0.3) is 0 Å². The molecule has 1 spiro atoms. The monoisotopic (exact) mass is 372 g/mol. The standard InChI is InChI=1S/C21H22Cl2N2/c1-13(2)20-21(12-25-19-11-16(23)6-7-18(19)21)17(8-9-24-20)14-4-3-5-15(22)10-14/h3-7,10-13,17,20,24H,8-9H2,1-2H3/t17-,20+,21-/m0/s1. The van der Waals surface area contributed by atoms with Crippen molar-refractivity contribution in [2.24, 2.45) is 10.9 Å². The minimum atomic E-state index is -0.170. The van der Waals surface area contributed by atoms with Crippen molar-refractivity contribution >= 4 is 35.1 Å². The van der Waals surface area contributed by atoms with E-state index < -0.39 is 0 Å². The van der Waals surface area contributed by atoms with Crippen LogP contribution in [-0.4, -0.2) is 18.8 Å². The van der Waals surface area contributed by atoms with Gasteiger partial charge in [0, 0.05) is 28.2 Å². The summed E-state index contributed by atoms with van der Waals surface area (Å²) >= 11 is 12.5. The summed E-state index contributed by atoms with van der Waals surface area (Å²) in [5.41, 5.74) is 3.38. The Morgan fingerprint density at radius 1 is 1.12 bits per heavy atom. The summed E-state index contributed by atoms with van der Waals surface area (Å²) in [6, 6.07) is 14.7. The van der Waals surface area contributed by atoms with Crippen LogP contribution in [0, 0.1) is 5.92 Å². The zero-order valence-corrected chi connectivity index (χ0v) is 16.0. The highest BCUT2D eigenvalue weighted by Crippen LogP contribution is 2.53. The summed E-state index contributed by atoms with van der Waals surface area (Å²) in [6.07, 6.45) is 3.22. The highest BCUT2D eigenvalue weighted by atomic mass is 35.5. The van der Waals surface area contributed by atoms with Crippen molar-refractivity contribution in [3.8, 4) is 0 Å². The van der Waals surface area contributed by atoms with E-state index in [4.69, 9.17) is 28.2 Å². The van der Waals surface area contributed by atoms with E-state index in [1.54, 1.807) is 0 Å². The van der Waals surface area contributed by atoms with Crippen LogP contribution in [0.5, 0.6) is 0 Å². The van der Waals surface area contributed by atoms with E-state index in [0.29, 0.717) is 17.9 Å². The van der Waals surface area contributed by atoms with E-state index in [0.717, 1.165) is 28.7 Å². The van der Waals surface area contributed by atoms with Gasteiger partial charge < -0.3 is 5.32 Å². The van der Waals surface area contributed by atoms with E-state index in [-0.39, 0.29) is 5.41 Å². The molecule has 4 rings (SSSR count). The number of piperidine rings is 1. The molecule has 2 aliphatic rings. The second-order valence-electron chi connectivity index (χ2n) is 7.42. The van der Waals surface area contributed by atoms with Crippen LogP contribution in [0.15, 0.2) is 47.5 Å². The number of halogens is 2. The Morgan fingerprint density at radius 3 is 2.68 bits per heavy atom. The van der Waals surface area contributed by atoms with E-state index in [1.165, 1.54) is 11.1 Å². The molecule has 0 unspecified atom stereocenters. The van der Waals surface area contributed by atoms with Crippen LogP contribution < -0.4 is 5.32 Å². The predicted octanol–water partition coefficient (Wildman–Crippen LogP) is 5.75. The Labute approximate surface area is 159 Å². The van der Waals surface area contributed by atoms with E-state index in [2.05, 4.69) is 43.6 Å². The summed E-state index contributed by atoms with van der Waals surface area (Å²) < 4.78 is 0. The molecule has 1 saturated heterocycles. The molecule has 2 heterocycles. The molecule has 3 atom stereocenters. The Morgan fingerprint density at radius 2 is 1.92 bits per heavy atom. The average molecular weight is 373 g/mol. The quantitative estimate of drug-likeness (QED) is 0.712. The lowest BCUT2D eigenvalue weighted by Gasteiger charge is -2.49. The second-order valence-corrected chi connectivity index (χ2v) is 8.30. The highest BCUT2D eigenvalue weighted by molar-refractivity contribution is 6.31. The second kappa shape index (κ2) is 6.42. The van der Waals surface area contributed by atoms with Crippen molar-refractivity contribution in [3.05, 3.63) is 63.6 Å². The Hall–Kier alpha value is -1.35. The maximum atomic E-state index is 6.31. The molecule has 0 saturated carbocycles. The van der Waals surface area contributed by atoms with Crippen LogP contribution >= 0.6 is 23.2 Å². The molecule has 4 heteroatoms. The van der Waals surface area contributed by atoms with Gasteiger partial charge in [-0.1, -0.05) is 55.2 Å². The summed E-state index contributed by atoms with van der Waals surface area (Å²) in [7, 11) is 0. The van der Waals surface area contributed by atoms with Crippen molar-refractivity contribution in [1.29, 1.82) is 0 Å². The molecule has 25 heavy (non-hydrogen) atoms. The number of aliphatic imine (C=N–C) groups is 1. The normalized spacial score (nSPS) is 27.9. The molecule has 0 bridgehead atoms. The third-order valence-corrected chi connectivity index (χ3v) is 6.12. The van der Waals surface area contributed by atoms with Crippen LogP contribution in [0.4, 0.5) is 5.69 Å². The molecule has 0 amide bonds. The maximum absolute atomic E-state index is 6.31. The molecule has 2 nitrogen and oxygen atoms in total. The minimum Gasteiger partial charge on any atom is -0.312 e. The van der Waals surface area contributed by atoms with Crippen LogP contribution in [0.2, 0.25) is 10.0 Å². The first-order valence-electron chi connectivity index (χ1n) is 8.86. The molecule has 1 fully saturated rings. The molecule has 1 N–H and O–H groups in total. The number of nitrogens with one attached hydrogen (secondary N) is 1. The van der Waals surface area contributed by atoms with E-state index >= 15 is 0 Å². The minimum absolute atomic E-state index is 0.170. The van der Waals surface area contributed by atoms with Gasteiger partial charge >= 0.3 is 0 Å². The van der Waals surface area contributed by atoms with Gasteiger partial charge in [0.15, 0.2) is 0 Å². The first-order valence-corrected chi connectivity index (χ1v) is 9.62. The number of hydrogen-bond acceptors (Lipinski definition) is 2. The molecular formula is C21H22Cl2N2. The number of rotatable bonds is 2. The maximum Gasteiger partial charge on any atom is 0.0683 e. The van der Waals surface area contributed by atoms with Gasteiger partial charge in [0.1, 0.15) is 0 Å². The van der Waals surface area contributed by atoms with Crippen molar-refractivity contribution in [3.63, 3.8) is 0 Å². The third kappa shape index (κ3) is 2.71. The fourth-order valence-electron chi connectivity index (χ4n) is 4.71. The fourth-order valence-corrected chi connectivity index (χ4v) is 5.07. The zero-order valence-electron chi connectivity index (χ0n) is 14.5. The zero-order chi connectivity index (χ0) is 17.6. The lowest BCUT2D eigenvalue weighted by Crippen LogP contribution is -2.59. The SMILES string of the molecule is CC(C)[C@H]1NCC[C@@H](c2cccc(Cl)c2)[C@]12C=Nc1cc(Cl)ccc12. The molecule has 2 aromatic carbocycles. The Bertz CT molecular complexity index is 830. The number of hydrogen-bond donors (Lipinski definition) is 1. The molecule has 0 radical (unpaired) electrons. The van der Waals surface area contributed by atoms with Crippen molar-refractivity contribution in [2.45, 2.75) is 37.6 Å². The van der Waals surface area contributed by atoms with Crippen molar-refractivity contribution < 1.29 is 0 Å². The average Bonchev–Trinajstić information content (AvgIpc) is 2.93. The van der Waals surface area contributed by atoms with E-state index in [9.17, 15) is 0 Å². The molecule has 130 valence electrons. The molecule has 0 aromatic heterocycles. The Kier molecular flexibility index (Phi) is 4.39. The topological polar surface area (TPSA) is 24.4 Å². The smallest absolute Gasteiger partial charge is 0.0683 e. The summed E-state index contributed by atoms with van der Waals surface area (Å²) in [4.78, 5) is 4.79. The van der Waals surface area contributed by atoms with Crippen LogP contribution in [0.25, 0.3) is 0 Å². The van der Waals surface area contributed by atoms with Gasteiger partial charge in [-0.15, -0.1) is 0 Å². The van der Waals surface area contributed by atoms with Crippen molar-refractivity contribution in [2.75, 3.05) is 6.54 Å². The lowest BCUT2D eigenvalue weighted by molar-refractivity contribution is 0.218. The first-order chi connectivity index (χ1) is 12.0. The van der Waals surface area contributed by atoms with E-state index in [1.807, 2.05) is 24.3 Å². The third-order valence-electron chi connectivity index (χ3n) is 5.65. The van der Waals surface area contributed by atoms with Gasteiger partial charge in [0.2, 0.25) is 0 Å². The number of nitrogens with zero attached hydrogens (tertiary/aromatic N) is 1. The van der Waals surface area contributed by atoms with Gasteiger partial charge in [-0.3, -0.25) is 4.99 Å². The Balaban J connectivity index is 1.92. The molecule has 0 aliphatic carbocycles. The summed E-state index contributed by atoms with van der Waals surface area (Å²) in [5, 5.41) is 5.29. The number of benzene rings is 2. The number of fused-ring (bicyclic) bond motifs is 2. The van der Waals surface area contributed by atoms with Crippen molar-refractivity contribution in [1.82, 2.24) is 5.32 Å². The van der Waals surface area contributed by atoms with Crippen LogP contribution in [0.1, 0.15) is 37.3 Å². The molecule has 2 aliphatic heterocycles. The van der Waals surface area contributed by atoms with Crippen LogP contribution in [0.3, 0.4) is 0 Å². The highest BCUT2D eigenvalue weighted by Gasteiger charge is 2.52. The molecular weight excluding hydrogens is 351 g/mol. The summed E-state index contributed by atoms with van der Waals surface area (Å²) in [5.74, 6) is 0.820.